The summed E-state index contributed by atoms with van der Waals surface area (Å²) >= 11 is 6.90. The minimum Gasteiger partial charge on any atom is -0.475 e. The van der Waals surface area contributed by atoms with E-state index in [2.05, 4.69) is 5.32 Å². The number of carbonyl (C=O) groups is 2. The minimum absolute atomic E-state index is 0.673. The Hall–Kier alpha value is -1.20. The van der Waals surface area contributed by atoms with Crippen molar-refractivity contribution in [1.29, 1.82) is 0 Å². The van der Waals surface area contributed by atoms with Gasteiger partial charge in [-0.15, -0.1) is 0 Å². The number of hydrogen-bond donors (Lipinski definition) is 2. The molecule has 1 aliphatic rings. The molecule has 1 aromatic carbocycles. The van der Waals surface area contributed by atoms with Gasteiger partial charge < -0.3 is 10.4 Å². The number of thioether (sulfide) groups is 1. The van der Waals surface area contributed by atoms with E-state index in [9.17, 15) is 9.59 Å². The van der Waals surface area contributed by atoms with Crippen LogP contribution in [0.1, 0.15) is 0 Å². The van der Waals surface area contributed by atoms with Gasteiger partial charge in [-0.2, -0.15) is 0 Å². The van der Waals surface area contributed by atoms with Gasteiger partial charge in [0.25, 0.3) is 5.78 Å². The zero-order valence-corrected chi connectivity index (χ0v) is 8.93. The van der Waals surface area contributed by atoms with Gasteiger partial charge in [0, 0.05) is 4.90 Å². The van der Waals surface area contributed by atoms with E-state index in [-0.39, 0.29) is 0 Å². The SMILES string of the molecule is O=C(O)C(=O)C1(Cl)Nc2ccccc2S1. The Labute approximate surface area is 94.6 Å². The van der Waals surface area contributed by atoms with Gasteiger partial charge in [0.05, 0.1) is 5.69 Å². The molecular weight excluding hydrogens is 238 g/mol. The van der Waals surface area contributed by atoms with Crippen molar-refractivity contribution in [3.8, 4) is 0 Å². The molecular formula is C9H6ClNO3S. The molecule has 1 atom stereocenters. The van der Waals surface area contributed by atoms with Crippen molar-refractivity contribution in [3.63, 3.8) is 0 Å². The first-order valence-electron chi connectivity index (χ1n) is 4.06. The molecule has 0 saturated heterocycles. The smallest absolute Gasteiger partial charge is 0.377 e. The number of benzene rings is 1. The second kappa shape index (κ2) is 3.43. The highest BCUT2D eigenvalue weighted by atomic mass is 35.5. The first-order chi connectivity index (χ1) is 7.03. The van der Waals surface area contributed by atoms with Crippen molar-refractivity contribution in [2.24, 2.45) is 0 Å². The van der Waals surface area contributed by atoms with Crippen LogP contribution in [0.3, 0.4) is 0 Å². The van der Waals surface area contributed by atoms with E-state index in [4.69, 9.17) is 16.7 Å². The molecule has 6 heteroatoms. The number of para-hydroxylation sites is 1. The third-order valence-corrected chi connectivity index (χ3v) is 3.56. The topological polar surface area (TPSA) is 66.4 Å². The normalized spacial score (nSPS) is 23.0. The Bertz CT molecular complexity index is 424. The average molecular weight is 244 g/mol. The van der Waals surface area contributed by atoms with E-state index >= 15 is 0 Å². The van der Waals surface area contributed by atoms with Crippen LogP contribution in [0.4, 0.5) is 5.69 Å². The fourth-order valence-electron chi connectivity index (χ4n) is 1.25. The van der Waals surface area contributed by atoms with E-state index in [1.807, 2.05) is 0 Å². The molecule has 2 N–H and O–H groups in total. The molecule has 78 valence electrons. The van der Waals surface area contributed by atoms with Gasteiger partial charge in [-0.25, -0.2) is 4.79 Å². The van der Waals surface area contributed by atoms with E-state index in [1.165, 1.54) is 0 Å². The van der Waals surface area contributed by atoms with Crippen LogP contribution in [-0.4, -0.2) is 21.2 Å². The van der Waals surface area contributed by atoms with Crippen LogP contribution in [0.2, 0.25) is 0 Å². The molecule has 0 fully saturated rings. The number of carbonyl (C=O) groups excluding carboxylic acids is 1. The van der Waals surface area contributed by atoms with Gasteiger partial charge in [0.2, 0.25) is 4.33 Å². The highest BCUT2D eigenvalue weighted by Crippen LogP contribution is 2.47. The molecule has 1 heterocycles. The summed E-state index contributed by atoms with van der Waals surface area (Å²) in [6, 6.07) is 7.08. The van der Waals surface area contributed by atoms with E-state index < -0.39 is 16.1 Å². The molecule has 0 saturated carbocycles. The second-order valence-electron chi connectivity index (χ2n) is 2.95. The van der Waals surface area contributed by atoms with Gasteiger partial charge in [-0.1, -0.05) is 35.5 Å². The van der Waals surface area contributed by atoms with Crippen LogP contribution in [-0.2, 0) is 9.59 Å². The number of carboxylic acid groups (broad SMARTS) is 1. The quantitative estimate of drug-likeness (QED) is 0.471. The van der Waals surface area contributed by atoms with Gasteiger partial charge in [0.1, 0.15) is 0 Å². The van der Waals surface area contributed by atoms with Gasteiger partial charge >= 0.3 is 5.97 Å². The van der Waals surface area contributed by atoms with Crippen LogP contribution >= 0.6 is 23.4 Å². The van der Waals surface area contributed by atoms with Gasteiger partial charge in [-0.3, -0.25) is 4.79 Å². The standard InChI is InChI=1S/C9H6ClNO3S/c10-9(7(12)8(13)14)11-5-3-1-2-4-6(5)15-9/h1-4,11H,(H,13,14). The molecule has 1 aliphatic heterocycles. The lowest BCUT2D eigenvalue weighted by atomic mass is 10.3. The summed E-state index contributed by atoms with van der Waals surface area (Å²) in [5.41, 5.74) is 0.673. The lowest BCUT2D eigenvalue weighted by molar-refractivity contribution is -0.149. The number of alkyl halides is 1. The van der Waals surface area contributed by atoms with Crippen molar-refractivity contribution in [2.45, 2.75) is 9.23 Å². The number of aliphatic carboxylic acids is 1. The maximum absolute atomic E-state index is 11.3. The number of fused-ring (bicyclic) bond motifs is 1. The zero-order chi connectivity index (χ0) is 11.1. The van der Waals surface area contributed by atoms with Gasteiger partial charge in [0.15, 0.2) is 0 Å². The first-order valence-corrected chi connectivity index (χ1v) is 5.25. The molecule has 0 spiro atoms. The number of halogens is 1. The molecule has 4 nitrogen and oxygen atoms in total. The molecule has 2 rings (SSSR count). The maximum atomic E-state index is 11.3. The van der Waals surface area contributed by atoms with Crippen molar-refractivity contribution >= 4 is 40.8 Å². The third kappa shape index (κ3) is 1.68. The number of nitrogens with one attached hydrogen (secondary N) is 1. The van der Waals surface area contributed by atoms with Crippen molar-refractivity contribution < 1.29 is 14.7 Å². The average Bonchev–Trinajstić information content (AvgIpc) is 2.54. The van der Waals surface area contributed by atoms with E-state index in [0.29, 0.717) is 5.69 Å². The Morgan fingerprint density at radius 3 is 2.67 bits per heavy atom. The number of anilines is 1. The van der Waals surface area contributed by atoms with E-state index in [0.717, 1.165) is 16.7 Å². The van der Waals surface area contributed by atoms with Crippen molar-refractivity contribution in [2.75, 3.05) is 5.32 Å². The lowest BCUT2D eigenvalue weighted by Gasteiger charge is -2.16. The monoisotopic (exact) mass is 243 g/mol. The number of Topliss-reactive ketones (excluding diaryl/α,β-unsaturated/α-hetero) is 1. The van der Waals surface area contributed by atoms with Crippen molar-refractivity contribution in [3.05, 3.63) is 24.3 Å². The summed E-state index contributed by atoms with van der Waals surface area (Å²) in [5.74, 6) is -2.61. The summed E-state index contributed by atoms with van der Waals surface area (Å²) < 4.78 is -1.62. The Morgan fingerprint density at radius 2 is 2.07 bits per heavy atom. The first kappa shape index (κ1) is 10.3. The van der Waals surface area contributed by atoms with Crippen LogP contribution in [0, 0.1) is 0 Å². The predicted molar refractivity (Wildman–Crippen MR) is 57.1 cm³/mol. The van der Waals surface area contributed by atoms with Crippen LogP contribution in [0.5, 0.6) is 0 Å². The van der Waals surface area contributed by atoms with Crippen LogP contribution in [0.25, 0.3) is 0 Å². The molecule has 0 bridgehead atoms. The Balaban J connectivity index is 2.32. The Kier molecular flexibility index (Phi) is 2.36. The molecule has 0 aliphatic carbocycles. The predicted octanol–water partition coefficient (Wildman–Crippen LogP) is 1.75. The molecule has 1 unspecified atom stereocenters. The maximum Gasteiger partial charge on any atom is 0.377 e. The number of rotatable bonds is 2. The third-order valence-electron chi connectivity index (χ3n) is 1.92. The second-order valence-corrected chi connectivity index (χ2v) is 5.00. The molecule has 0 radical (unpaired) electrons. The van der Waals surface area contributed by atoms with Crippen LogP contribution in [0.15, 0.2) is 29.2 Å². The minimum atomic E-state index is -1.62. The zero-order valence-electron chi connectivity index (χ0n) is 7.36. The summed E-state index contributed by atoms with van der Waals surface area (Å²) in [6.45, 7) is 0. The van der Waals surface area contributed by atoms with E-state index in [1.54, 1.807) is 24.3 Å². The van der Waals surface area contributed by atoms with Gasteiger partial charge in [-0.05, 0) is 12.1 Å². The molecule has 15 heavy (non-hydrogen) atoms. The number of ketones is 1. The molecule has 0 aromatic heterocycles. The van der Waals surface area contributed by atoms with Crippen LogP contribution < -0.4 is 5.32 Å². The highest BCUT2D eigenvalue weighted by Gasteiger charge is 2.46. The summed E-state index contributed by atoms with van der Waals surface area (Å²) in [7, 11) is 0. The van der Waals surface area contributed by atoms with Crippen molar-refractivity contribution in [1.82, 2.24) is 0 Å². The highest BCUT2D eigenvalue weighted by molar-refractivity contribution is 8.03. The fourth-order valence-corrected chi connectivity index (χ4v) is 2.70. The summed E-state index contributed by atoms with van der Waals surface area (Å²) in [6.07, 6.45) is 0. The lowest BCUT2D eigenvalue weighted by Crippen LogP contribution is -2.39. The summed E-state index contributed by atoms with van der Waals surface area (Å²) in [5, 5.41) is 11.3. The largest absolute Gasteiger partial charge is 0.475 e. The molecule has 0 amide bonds. The Morgan fingerprint density at radius 1 is 1.40 bits per heavy atom. The fraction of sp³-hybridized carbons (Fsp3) is 0.111. The number of hydrogen-bond acceptors (Lipinski definition) is 4. The number of carboxylic acids is 1. The summed E-state index contributed by atoms with van der Waals surface area (Å²) in [4.78, 5) is 22.6. The molecule has 1 aromatic rings.